The van der Waals surface area contributed by atoms with Crippen LogP contribution in [0.3, 0.4) is 0 Å². The molecule has 0 aromatic heterocycles. The van der Waals surface area contributed by atoms with Crippen LogP contribution in [0.25, 0.3) is 21.5 Å². The zero-order valence-electron chi connectivity index (χ0n) is 18.6. The number of anilines is 2. The molecule has 4 N–H and O–H groups in total. The number of fused-ring (bicyclic) bond motifs is 2. The molecule has 0 saturated heterocycles. The maximum atomic E-state index is 12.6. The van der Waals surface area contributed by atoms with Gasteiger partial charge in [-0.3, -0.25) is 0 Å². The molecule has 4 aromatic carbocycles. The van der Waals surface area contributed by atoms with Crippen molar-refractivity contribution in [3.8, 4) is 0 Å². The van der Waals surface area contributed by atoms with Gasteiger partial charge < -0.3 is 21.3 Å². The highest BCUT2D eigenvalue weighted by Crippen LogP contribution is 2.23. The van der Waals surface area contributed by atoms with Gasteiger partial charge in [0, 0.05) is 23.4 Å². The molecule has 0 heterocycles. The topological polar surface area (TPSA) is 82.3 Å². The largest absolute Gasteiger partial charge is 0.338 e. The van der Waals surface area contributed by atoms with Crippen LogP contribution >= 0.6 is 0 Å². The predicted octanol–water partition coefficient (Wildman–Crippen LogP) is 6.10. The summed E-state index contributed by atoms with van der Waals surface area (Å²) in [6.07, 6.45) is 1.39. The Morgan fingerprint density at radius 3 is 1.79 bits per heavy atom. The minimum atomic E-state index is -0.263. The predicted molar refractivity (Wildman–Crippen MR) is 136 cm³/mol. The number of benzene rings is 4. The van der Waals surface area contributed by atoms with E-state index in [0.717, 1.165) is 39.3 Å². The van der Waals surface area contributed by atoms with E-state index in [9.17, 15) is 9.59 Å². The van der Waals surface area contributed by atoms with Crippen LogP contribution < -0.4 is 21.3 Å². The van der Waals surface area contributed by atoms with Crippen molar-refractivity contribution in [3.63, 3.8) is 0 Å². The van der Waals surface area contributed by atoms with Gasteiger partial charge in [-0.05, 0) is 35.7 Å². The van der Waals surface area contributed by atoms with Crippen molar-refractivity contribution in [2.45, 2.75) is 25.8 Å². The third-order valence-corrected chi connectivity index (χ3v) is 5.68. The summed E-state index contributed by atoms with van der Waals surface area (Å²) < 4.78 is 0. The van der Waals surface area contributed by atoms with Gasteiger partial charge in [0.2, 0.25) is 0 Å². The van der Waals surface area contributed by atoms with Gasteiger partial charge >= 0.3 is 12.1 Å². The standard InChI is InChI=1S/C27H28N4O2/c1-2-21(29-27(33)31-25-16-8-12-20-10-4-6-14-23(20)25)17-18-28-26(32)30-24-15-7-11-19-9-3-5-13-22(19)24/h3-16,21H,2,17-18H2,1H3,(H2,28,30,32)(H2,29,31,33)/t21-/m1/s1. The Morgan fingerprint density at radius 1 is 0.697 bits per heavy atom. The summed E-state index contributed by atoms with van der Waals surface area (Å²) in [7, 11) is 0. The van der Waals surface area contributed by atoms with Crippen LogP contribution in [0.2, 0.25) is 0 Å². The lowest BCUT2D eigenvalue weighted by Crippen LogP contribution is -2.40. The Hall–Kier alpha value is -4.06. The van der Waals surface area contributed by atoms with E-state index in [2.05, 4.69) is 21.3 Å². The van der Waals surface area contributed by atoms with E-state index in [4.69, 9.17) is 0 Å². The van der Waals surface area contributed by atoms with Gasteiger partial charge in [0.1, 0.15) is 0 Å². The molecular weight excluding hydrogens is 412 g/mol. The maximum absolute atomic E-state index is 12.6. The van der Waals surface area contributed by atoms with Crippen LogP contribution in [0.1, 0.15) is 19.8 Å². The molecule has 0 aliphatic rings. The summed E-state index contributed by atoms with van der Waals surface area (Å²) in [5, 5.41) is 15.9. The highest BCUT2D eigenvalue weighted by Gasteiger charge is 2.12. The first-order valence-electron chi connectivity index (χ1n) is 11.2. The van der Waals surface area contributed by atoms with Crippen LogP contribution in [0, 0.1) is 0 Å². The van der Waals surface area contributed by atoms with Gasteiger partial charge in [0.05, 0.1) is 11.4 Å². The minimum absolute atomic E-state index is 0.0576. The van der Waals surface area contributed by atoms with E-state index in [0.29, 0.717) is 13.0 Å². The quantitative estimate of drug-likeness (QED) is 0.280. The highest BCUT2D eigenvalue weighted by atomic mass is 16.2. The van der Waals surface area contributed by atoms with Crippen molar-refractivity contribution in [2.24, 2.45) is 0 Å². The molecule has 33 heavy (non-hydrogen) atoms. The molecule has 0 fully saturated rings. The van der Waals surface area contributed by atoms with E-state index in [1.165, 1.54) is 0 Å². The monoisotopic (exact) mass is 440 g/mol. The SMILES string of the molecule is CC[C@H](CCNC(=O)Nc1cccc2ccccc12)NC(=O)Nc1cccc2ccccc12. The van der Waals surface area contributed by atoms with E-state index >= 15 is 0 Å². The summed E-state index contributed by atoms with van der Waals surface area (Å²) >= 11 is 0. The molecule has 168 valence electrons. The second kappa shape index (κ2) is 10.5. The lowest BCUT2D eigenvalue weighted by molar-refractivity contribution is 0.246. The van der Waals surface area contributed by atoms with Crippen LogP contribution in [0.15, 0.2) is 84.9 Å². The van der Waals surface area contributed by atoms with Crippen LogP contribution in [0.5, 0.6) is 0 Å². The van der Waals surface area contributed by atoms with Crippen molar-refractivity contribution in [1.82, 2.24) is 10.6 Å². The molecule has 1 atom stereocenters. The lowest BCUT2D eigenvalue weighted by Gasteiger charge is -2.18. The molecule has 0 bridgehead atoms. The number of carbonyl (C=O) groups is 2. The lowest BCUT2D eigenvalue weighted by atomic mass is 10.1. The van der Waals surface area contributed by atoms with E-state index in [-0.39, 0.29) is 18.1 Å². The average Bonchev–Trinajstić information content (AvgIpc) is 2.84. The molecule has 0 aliphatic heterocycles. The first kappa shape index (κ1) is 22.1. The minimum Gasteiger partial charge on any atom is -0.338 e. The second-order valence-electron chi connectivity index (χ2n) is 7.93. The molecular formula is C27H28N4O2. The molecule has 0 spiro atoms. The number of hydrogen-bond acceptors (Lipinski definition) is 2. The number of hydrogen-bond donors (Lipinski definition) is 4. The van der Waals surface area contributed by atoms with Crippen LogP contribution in [-0.4, -0.2) is 24.6 Å². The fourth-order valence-corrected chi connectivity index (χ4v) is 3.92. The first-order valence-corrected chi connectivity index (χ1v) is 11.2. The molecule has 4 rings (SSSR count). The molecule has 0 radical (unpaired) electrons. The molecule has 0 saturated carbocycles. The number of rotatable bonds is 7. The second-order valence-corrected chi connectivity index (χ2v) is 7.93. The van der Waals surface area contributed by atoms with E-state index < -0.39 is 0 Å². The van der Waals surface area contributed by atoms with Gasteiger partial charge in [-0.1, -0.05) is 79.7 Å². The summed E-state index contributed by atoms with van der Waals surface area (Å²) in [5.41, 5.74) is 1.54. The zero-order valence-corrected chi connectivity index (χ0v) is 18.6. The van der Waals surface area contributed by atoms with Crippen molar-refractivity contribution in [3.05, 3.63) is 84.9 Å². The van der Waals surface area contributed by atoms with Gasteiger partial charge in [0.15, 0.2) is 0 Å². The average molecular weight is 441 g/mol. The number of carbonyl (C=O) groups excluding carboxylic acids is 2. The van der Waals surface area contributed by atoms with Crippen molar-refractivity contribution in [1.29, 1.82) is 0 Å². The Kier molecular flexibility index (Phi) is 7.05. The molecule has 6 nitrogen and oxygen atoms in total. The molecule has 6 heteroatoms. The number of nitrogens with one attached hydrogen (secondary N) is 4. The zero-order chi connectivity index (χ0) is 23.0. The van der Waals surface area contributed by atoms with Crippen molar-refractivity contribution < 1.29 is 9.59 Å². The maximum Gasteiger partial charge on any atom is 0.319 e. The summed E-state index contributed by atoms with van der Waals surface area (Å²) in [6.45, 7) is 2.46. The van der Waals surface area contributed by atoms with E-state index in [1.54, 1.807) is 0 Å². The molecule has 4 amide bonds. The van der Waals surface area contributed by atoms with Gasteiger partial charge in [-0.2, -0.15) is 0 Å². The van der Waals surface area contributed by atoms with Crippen LogP contribution in [0.4, 0.5) is 21.0 Å². The van der Waals surface area contributed by atoms with E-state index in [1.807, 2.05) is 91.9 Å². The van der Waals surface area contributed by atoms with Gasteiger partial charge in [-0.15, -0.1) is 0 Å². The Morgan fingerprint density at radius 2 is 1.21 bits per heavy atom. The molecule has 0 aliphatic carbocycles. The third kappa shape index (κ3) is 5.60. The molecule has 0 unspecified atom stereocenters. The Bertz CT molecular complexity index is 1260. The fourth-order valence-electron chi connectivity index (χ4n) is 3.92. The normalized spacial score (nSPS) is 11.7. The van der Waals surface area contributed by atoms with Crippen LogP contribution in [-0.2, 0) is 0 Å². The first-order chi connectivity index (χ1) is 16.1. The fraction of sp³-hybridized carbons (Fsp3) is 0.185. The van der Waals surface area contributed by atoms with Gasteiger partial charge in [-0.25, -0.2) is 9.59 Å². The molecule has 4 aromatic rings. The number of amides is 4. The third-order valence-electron chi connectivity index (χ3n) is 5.68. The summed E-state index contributed by atoms with van der Waals surface area (Å²) in [5.74, 6) is 0. The summed E-state index contributed by atoms with van der Waals surface area (Å²) in [6, 6.07) is 26.9. The summed E-state index contributed by atoms with van der Waals surface area (Å²) in [4.78, 5) is 25.0. The van der Waals surface area contributed by atoms with Crippen molar-refractivity contribution in [2.75, 3.05) is 17.2 Å². The Labute approximate surface area is 193 Å². The Balaban J connectivity index is 1.27. The smallest absolute Gasteiger partial charge is 0.319 e. The highest BCUT2D eigenvalue weighted by molar-refractivity contribution is 6.02. The van der Waals surface area contributed by atoms with Gasteiger partial charge in [0.25, 0.3) is 0 Å². The number of urea groups is 2. The van der Waals surface area contributed by atoms with Crippen molar-refractivity contribution >= 4 is 45.0 Å².